The van der Waals surface area contributed by atoms with E-state index in [1.807, 2.05) is 20.8 Å². The van der Waals surface area contributed by atoms with Gasteiger partial charge >= 0.3 is 6.09 Å². The number of carbonyl (C=O) groups is 1. The number of aromatic nitrogens is 1. The fourth-order valence-electron chi connectivity index (χ4n) is 1.87. The number of alkyl carbamates (subject to hydrolysis) is 1. The SMILES string of the molecule is CC(C)(C)OC(=O)NCCC#Cc1ccc(O)c(-c2ccno2)c1. The first-order chi connectivity index (χ1) is 11.3. The number of hydrogen-bond donors (Lipinski definition) is 2. The number of aromatic hydroxyl groups is 1. The van der Waals surface area contributed by atoms with E-state index >= 15 is 0 Å². The summed E-state index contributed by atoms with van der Waals surface area (Å²) < 4.78 is 10.2. The third-order valence-electron chi connectivity index (χ3n) is 2.85. The van der Waals surface area contributed by atoms with Gasteiger partial charge in [-0.2, -0.15) is 0 Å². The van der Waals surface area contributed by atoms with Crippen molar-refractivity contribution in [3.05, 3.63) is 36.0 Å². The Morgan fingerprint density at radius 3 is 2.83 bits per heavy atom. The van der Waals surface area contributed by atoms with Gasteiger partial charge in [0, 0.05) is 24.6 Å². The van der Waals surface area contributed by atoms with E-state index in [-0.39, 0.29) is 5.75 Å². The Bertz CT molecular complexity index is 750. The second-order valence-electron chi connectivity index (χ2n) is 6.09. The summed E-state index contributed by atoms with van der Waals surface area (Å²) in [7, 11) is 0. The standard InChI is InChI=1S/C18H20N2O4/c1-18(2,3)23-17(22)19-10-5-4-6-13-7-8-15(21)14(12-13)16-9-11-20-24-16/h7-9,11-12,21H,5,10H2,1-3H3,(H,19,22). The summed E-state index contributed by atoms with van der Waals surface area (Å²) in [6.07, 6.45) is 1.54. The fraction of sp³-hybridized carbons (Fsp3) is 0.333. The van der Waals surface area contributed by atoms with Gasteiger partial charge in [0.2, 0.25) is 0 Å². The number of benzene rings is 1. The third-order valence-corrected chi connectivity index (χ3v) is 2.85. The summed E-state index contributed by atoms with van der Waals surface area (Å²) in [6.45, 7) is 5.82. The van der Waals surface area contributed by atoms with Crippen molar-refractivity contribution in [2.75, 3.05) is 6.54 Å². The van der Waals surface area contributed by atoms with Gasteiger partial charge in [-0.15, -0.1) is 0 Å². The summed E-state index contributed by atoms with van der Waals surface area (Å²) in [5, 5.41) is 16.1. The summed E-state index contributed by atoms with van der Waals surface area (Å²) >= 11 is 0. The first-order valence-corrected chi connectivity index (χ1v) is 7.55. The molecular weight excluding hydrogens is 308 g/mol. The number of phenols is 1. The van der Waals surface area contributed by atoms with E-state index in [1.54, 1.807) is 24.3 Å². The van der Waals surface area contributed by atoms with Crippen LogP contribution in [0.5, 0.6) is 5.75 Å². The second kappa shape index (κ2) is 7.55. The molecule has 0 radical (unpaired) electrons. The van der Waals surface area contributed by atoms with Gasteiger partial charge in [-0.05, 0) is 39.0 Å². The van der Waals surface area contributed by atoms with Crippen molar-refractivity contribution >= 4 is 6.09 Å². The minimum absolute atomic E-state index is 0.101. The first-order valence-electron chi connectivity index (χ1n) is 7.55. The molecule has 0 spiro atoms. The van der Waals surface area contributed by atoms with Crippen LogP contribution in [0.4, 0.5) is 4.79 Å². The number of phenolic OH excluding ortho intramolecular Hbond substituents is 1. The number of nitrogens with zero attached hydrogens (tertiary/aromatic N) is 1. The number of nitrogens with one attached hydrogen (secondary N) is 1. The number of hydrogen-bond acceptors (Lipinski definition) is 5. The molecule has 0 bridgehead atoms. The Morgan fingerprint density at radius 1 is 1.38 bits per heavy atom. The van der Waals surface area contributed by atoms with Gasteiger partial charge in [0.05, 0.1) is 11.8 Å². The van der Waals surface area contributed by atoms with Gasteiger partial charge in [0.15, 0.2) is 5.76 Å². The summed E-state index contributed by atoms with van der Waals surface area (Å²) in [6, 6.07) is 6.66. The molecule has 6 nitrogen and oxygen atoms in total. The highest BCUT2D eigenvalue weighted by molar-refractivity contribution is 5.68. The fourth-order valence-corrected chi connectivity index (χ4v) is 1.87. The molecule has 1 amide bonds. The number of ether oxygens (including phenoxy) is 1. The number of amides is 1. The van der Waals surface area contributed by atoms with Crippen LogP contribution in [0.2, 0.25) is 0 Å². The van der Waals surface area contributed by atoms with Crippen LogP contribution in [0, 0.1) is 11.8 Å². The summed E-state index contributed by atoms with van der Waals surface area (Å²) in [5.74, 6) is 6.52. The molecule has 0 aliphatic heterocycles. The molecule has 24 heavy (non-hydrogen) atoms. The van der Waals surface area contributed by atoms with Crippen molar-refractivity contribution in [2.24, 2.45) is 0 Å². The van der Waals surface area contributed by atoms with E-state index < -0.39 is 11.7 Å². The first kappa shape index (κ1) is 17.4. The number of carbonyl (C=O) groups excluding carboxylic acids is 1. The lowest BCUT2D eigenvalue weighted by Crippen LogP contribution is -2.32. The van der Waals surface area contributed by atoms with Crippen LogP contribution < -0.4 is 5.32 Å². The molecule has 0 aliphatic carbocycles. The monoisotopic (exact) mass is 328 g/mol. The molecule has 2 aromatic rings. The van der Waals surface area contributed by atoms with E-state index in [0.717, 1.165) is 5.56 Å². The highest BCUT2D eigenvalue weighted by Crippen LogP contribution is 2.29. The van der Waals surface area contributed by atoms with Gasteiger partial charge in [0.25, 0.3) is 0 Å². The molecule has 6 heteroatoms. The molecule has 0 saturated carbocycles. The zero-order chi connectivity index (χ0) is 17.6. The van der Waals surface area contributed by atoms with Gasteiger partial charge < -0.3 is 19.7 Å². The lowest BCUT2D eigenvalue weighted by molar-refractivity contribution is 0.0529. The normalized spacial score (nSPS) is 10.6. The lowest BCUT2D eigenvalue weighted by atomic mass is 10.1. The average molecular weight is 328 g/mol. The predicted molar refractivity (Wildman–Crippen MR) is 89.3 cm³/mol. The minimum atomic E-state index is -0.515. The van der Waals surface area contributed by atoms with Crippen LogP contribution in [0.1, 0.15) is 32.8 Å². The van der Waals surface area contributed by atoms with Gasteiger partial charge in [-0.25, -0.2) is 4.79 Å². The second-order valence-corrected chi connectivity index (χ2v) is 6.09. The Kier molecular flexibility index (Phi) is 5.48. The lowest BCUT2D eigenvalue weighted by Gasteiger charge is -2.19. The number of rotatable bonds is 3. The van der Waals surface area contributed by atoms with Crippen molar-refractivity contribution in [1.82, 2.24) is 10.5 Å². The van der Waals surface area contributed by atoms with Gasteiger partial charge in [0.1, 0.15) is 11.4 Å². The van der Waals surface area contributed by atoms with E-state index in [1.165, 1.54) is 6.20 Å². The van der Waals surface area contributed by atoms with Gasteiger partial charge in [-0.3, -0.25) is 0 Å². The zero-order valence-electron chi connectivity index (χ0n) is 13.9. The molecule has 126 valence electrons. The van der Waals surface area contributed by atoms with Crippen molar-refractivity contribution in [2.45, 2.75) is 32.8 Å². The van der Waals surface area contributed by atoms with Crippen LogP contribution in [0.15, 0.2) is 35.0 Å². The summed E-state index contributed by atoms with van der Waals surface area (Å²) in [5.41, 5.74) is 0.751. The van der Waals surface area contributed by atoms with E-state index in [9.17, 15) is 9.90 Å². The van der Waals surface area contributed by atoms with Gasteiger partial charge in [-0.1, -0.05) is 17.0 Å². The van der Waals surface area contributed by atoms with Crippen molar-refractivity contribution < 1.29 is 19.2 Å². The minimum Gasteiger partial charge on any atom is -0.507 e. The molecule has 0 fully saturated rings. The van der Waals surface area contributed by atoms with E-state index in [2.05, 4.69) is 22.3 Å². The highest BCUT2D eigenvalue weighted by Gasteiger charge is 2.15. The zero-order valence-corrected chi connectivity index (χ0v) is 13.9. The van der Waals surface area contributed by atoms with Crippen molar-refractivity contribution in [3.8, 4) is 28.9 Å². The topological polar surface area (TPSA) is 84.6 Å². The van der Waals surface area contributed by atoms with Crippen LogP contribution in [-0.2, 0) is 4.74 Å². The Labute approximate surface area is 140 Å². The molecule has 0 aliphatic rings. The maximum atomic E-state index is 11.5. The molecule has 0 saturated heterocycles. The highest BCUT2D eigenvalue weighted by atomic mass is 16.6. The van der Waals surface area contributed by atoms with Crippen molar-refractivity contribution in [1.29, 1.82) is 0 Å². The van der Waals surface area contributed by atoms with Crippen molar-refractivity contribution in [3.63, 3.8) is 0 Å². The molecule has 1 aromatic carbocycles. The van der Waals surface area contributed by atoms with Crippen LogP contribution in [0.3, 0.4) is 0 Å². The largest absolute Gasteiger partial charge is 0.507 e. The van der Waals surface area contributed by atoms with E-state index in [0.29, 0.717) is 24.3 Å². The smallest absolute Gasteiger partial charge is 0.407 e. The Balaban J connectivity index is 1.90. The Morgan fingerprint density at radius 2 is 2.17 bits per heavy atom. The average Bonchev–Trinajstić information content (AvgIpc) is 3.00. The Hall–Kier alpha value is -2.94. The summed E-state index contributed by atoms with van der Waals surface area (Å²) in [4.78, 5) is 11.5. The quantitative estimate of drug-likeness (QED) is 0.667. The molecule has 2 rings (SSSR count). The molecule has 1 aromatic heterocycles. The van der Waals surface area contributed by atoms with Crippen LogP contribution in [-0.4, -0.2) is 28.5 Å². The van der Waals surface area contributed by atoms with Crippen LogP contribution >= 0.6 is 0 Å². The van der Waals surface area contributed by atoms with Crippen LogP contribution in [0.25, 0.3) is 11.3 Å². The van der Waals surface area contributed by atoms with E-state index in [4.69, 9.17) is 9.26 Å². The molecule has 2 N–H and O–H groups in total. The third kappa shape index (κ3) is 5.36. The predicted octanol–water partition coefficient (Wildman–Crippen LogP) is 3.31. The molecule has 0 atom stereocenters. The molecular formula is C18H20N2O4. The maximum absolute atomic E-state index is 11.5. The molecule has 0 unspecified atom stereocenters. The maximum Gasteiger partial charge on any atom is 0.407 e. The molecule has 1 heterocycles.